The monoisotopic (exact) mass is 222 g/mol. The molecule has 0 saturated carbocycles. The van der Waals surface area contributed by atoms with Crippen molar-refractivity contribution in [2.45, 2.75) is 6.61 Å². The maximum Gasteiger partial charge on any atom is 0.388 e. The van der Waals surface area contributed by atoms with E-state index < -0.39 is 6.61 Å². The number of nitrogens with zero attached hydrogens (tertiary/aromatic N) is 2. The Morgan fingerprint density at radius 1 is 1.00 bits per heavy atom. The molecule has 0 aliphatic rings. The molecule has 0 saturated heterocycles. The van der Waals surface area contributed by atoms with Crippen LogP contribution in [0, 0.1) is 0 Å². The van der Waals surface area contributed by atoms with Gasteiger partial charge in [-0.15, -0.1) is 0 Å². The molecule has 0 spiro atoms. The number of rotatable bonds is 3. The van der Waals surface area contributed by atoms with Gasteiger partial charge in [-0.2, -0.15) is 8.78 Å². The first-order valence-corrected chi connectivity index (χ1v) is 4.57. The van der Waals surface area contributed by atoms with Crippen LogP contribution in [0.15, 0.2) is 42.9 Å². The molecule has 0 unspecified atom stereocenters. The lowest BCUT2D eigenvalue weighted by Gasteiger charge is -2.04. The summed E-state index contributed by atoms with van der Waals surface area (Å²) in [5.74, 6) is -0.0900. The molecular formula is C11H8F2N2O. The average molecular weight is 222 g/mol. The van der Waals surface area contributed by atoms with Crippen molar-refractivity contribution in [3.05, 3.63) is 42.9 Å². The topological polar surface area (TPSA) is 35.0 Å². The largest absolute Gasteiger partial charge is 0.417 e. The molecule has 0 N–H and O–H groups in total. The molecule has 2 rings (SSSR count). The second-order valence-electron chi connectivity index (χ2n) is 3.00. The third kappa shape index (κ3) is 2.50. The van der Waals surface area contributed by atoms with E-state index in [9.17, 15) is 8.78 Å². The minimum Gasteiger partial charge on any atom is -0.417 e. The van der Waals surface area contributed by atoms with Crippen molar-refractivity contribution in [1.82, 2.24) is 9.97 Å². The third-order valence-corrected chi connectivity index (χ3v) is 1.96. The second kappa shape index (κ2) is 4.65. The Kier molecular flexibility index (Phi) is 3.05. The normalized spacial score (nSPS) is 10.4. The van der Waals surface area contributed by atoms with Crippen molar-refractivity contribution in [3.63, 3.8) is 0 Å². The van der Waals surface area contributed by atoms with Gasteiger partial charge in [0.2, 0.25) is 5.88 Å². The fraction of sp³-hybridized carbons (Fsp3) is 0.0909. The molecule has 0 radical (unpaired) electrons. The fourth-order valence-electron chi connectivity index (χ4n) is 1.26. The van der Waals surface area contributed by atoms with E-state index in [2.05, 4.69) is 14.7 Å². The summed E-state index contributed by atoms with van der Waals surface area (Å²) in [6.07, 6.45) is 4.78. The van der Waals surface area contributed by atoms with E-state index in [1.165, 1.54) is 12.3 Å². The smallest absolute Gasteiger partial charge is 0.388 e. The Morgan fingerprint density at radius 3 is 2.31 bits per heavy atom. The van der Waals surface area contributed by atoms with Crippen molar-refractivity contribution in [2.75, 3.05) is 0 Å². The summed E-state index contributed by atoms with van der Waals surface area (Å²) in [5.41, 5.74) is 1.75. The first-order chi connectivity index (χ1) is 7.75. The highest BCUT2D eigenvalue weighted by Gasteiger charge is 2.05. The number of ether oxygens (including phenoxy) is 1. The Hall–Kier alpha value is -2.04. The predicted molar refractivity (Wildman–Crippen MR) is 54.1 cm³/mol. The van der Waals surface area contributed by atoms with Gasteiger partial charge in [0.05, 0.1) is 0 Å². The van der Waals surface area contributed by atoms with E-state index in [0.29, 0.717) is 0 Å². The standard InChI is InChI=1S/C11H8F2N2O/c12-11(13)16-10-2-1-9(7-15-10)8-3-5-14-6-4-8/h1-7,11H. The molecule has 0 fully saturated rings. The first-order valence-electron chi connectivity index (χ1n) is 4.57. The van der Waals surface area contributed by atoms with Gasteiger partial charge >= 0.3 is 6.61 Å². The van der Waals surface area contributed by atoms with Crippen LogP contribution < -0.4 is 4.74 Å². The van der Waals surface area contributed by atoms with E-state index in [1.54, 1.807) is 18.5 Å². The van der Waals surface area contributed by atoms with Gasteiger partial charge in [-0.05, 0) is 23.8 Å². The fourth-order valence-corrected chi connectivity index (χ4v) is 1.26. The summed E-state index contributed by atoms with van der Waals surface area (Å²) in [5, 5.41) is 0. The Balaban J connectivity index is 2.20. The first kappa shape index (κ1) is 10.5. The van der Waals surface area contributed by atoms with E-state index in [1.807, 2.05) is 12.1 Å². The molecule has 16 heavy (non-hydrogen) atoms. The van der Waals surface area contributed by atoms with Gasteiger partial charge in [0.25, 0.3) is 0 Å². The van der Waals surface area contributed by atoms with Crippen LogP contribution in [-0.2, 0) is 0 Å². The summed E-state index contributed by atoms with van der Waals surface area (Å²) in [6, 6.07) is 6.69. The van der Waals surface area contributed by atoms with Crippen LogP contribution in [0.1, 0.15) is 0 Å². The van der Waals surface area contributed by atoms with E-state index in [0.717, 1.165) is 11.1 Å². The Bertz CT molecular complexity index is 445. The maximum absolute atomic E-state index is 11.9. The molecule has 2 aromatic rings. The quantitative estimate of drug-likeness (QED) is 0.800. The maximum atomic E-state index is 11.9. The molecule has 3 nitrogen and oxygen atoms in total. The molecule has 2 aromatic heterocycles. The van der Waals surface area contributed by atoms with Crippen LogP contribution in [0.2, 0.25) is 0 Å². The van der Waals surface area contributed by atoms with Gasteiger partial charge in [0.15, 0.2) is 0 Å². The van der Waals surface area contributed by atoms with Gasteiger partial charge in [-0.3, -0.25) is 4.98 Å². The zero-order valence-electron chi connectivity index (χ0n) is 8.18. The highest BCUT2D eigenvalue weighted by atomic mass is 19.3. The zero-order chi connectivity index (χ0) is 11.4. The molecule has 82 valence electrons. The molecule has 0 aromatic carbocycles. The van der Waals surface area contributed by atoms with Gasteiger partial charge < -0.3 is 4.74 Å². The summed E-state index contributed by atoms with van der Waals surface area (Å²) in [7, 11) is 0. The Labute approximate surface area is 90.7 Å². The van der Waals surface area contributed by atoms with Gasteiger partial charge in [0.1, 0.15) is 0 Å². The van der Waals surface area contributed by atoms with Crippen LogP contribution >= 0.6 is 0 Å². The zero-order valence-corrected chi connectivity index (χ0v) is 8.18. The van der Waals surface area contributed by atoms with Crippen molar-refractivity contribution in [2.24, 2.45) is 0 Å². The lowest BCUT2D eigenvalue weighted by molar-refractivity contribution is -0.0528. The van der Waals surface area contributed by atoms with Crippen LogP contribution in [0.4, 0.5) is 8.78 Å². The minimum atomic E-state index is -2.85. The van der Waals surface area contributed by atoms with E-state index in [-0.39, 0.29) is 5.88 Å². The lowest BCUT2D eigenvalue weighted by atomic mass is 10.1. The number of pyridine rings is 2. The molecule has 0 bridgehead atoms. The molecule has 5 heteroatoms. The molecule has 0 aliphatic heterocycles. The van der Waals surface area contributed by atoms with Crippen molar-refractivity contribution in [3.8, 4) is 17.0 Å². The number of halogens is 2. The Morgan fingerprint density at radius 2 is 1.75 bits per heavy atom. The lowest BCUT2D eigenvalue weighted by Crippen LogP contribution is -2.03. The number of hydrogen-bond acceptors (Lipinski definition) is 3. The van der Waals surface area contributed by atoms with E-state index >= 15 is 0 Å². The highest BCUT2D eigenvalue weighted by molar-refractivity contribution is 5.61. The van der Waals surface area contributed by atoms with Crippen LogP contribution in [0.5, 0.6) is 5.88 Å². The van der Waals surface area contributed by atoms with Crippen molar-refractivity contribution >= 4 is 0 Å². The van der Waals surface area contributed by atoms with Crippen molar-refractivity contribution < 1.29 is 13.5 Å². The molecule has 0 aliphatic carbocycles. The van der Waals surface area contributed by atoms with Crippen molar-refractivity contribution in [1.29, 1.82) is 0 Å². The third-order valence-electron chi connectivity index (χ3n) is 1.96. The average Bonchev–Trinajstić information content (AvgIpc) is 2.30. The number of alkyl halides is 2. The van der Waals surface area contributed by atoms with Crippen LogP contribution in [0.25, 0.3) is 11.1 Å². The number of hydrogen-bond donors (Lipinski definition) is 0. The number of aromatic nitrogens is 2. The highest BCUT2D eigenvalue weighted by Crippen LogP contribution is 2.19. The van der Waals surface area contributed by atoms with Crippen LogP contribution in [0.3, 0.4) is 0 Å². The van der Waals surface area contributed by atoms with E-state index in [4.69, 9.17) is 0 Å². The van der Waals surface area contributed by atoms with Gasteiger partial charge in [0, 0.05) is 30.2 Å². The molecule has 2 heterocycles. The SMILES string of the molecule is FC(F)Oc1ccc(-c2ccncc2)cn1. The molecule has 0 atom stereocenters. The molecular weight excluding hydrogens is 214 g/mol. The van der Waals surface area contributed by atoms with Gasteiger partial charge in [-0.25, -0.2) is 4.98 Å². The van der Waals surface area contributed by atoms with Crippen LogP contribution in [-0.4, -0.2) is 16.6 Å². The summed E-state index contributed by atoms with van der Waals surface area (Å²) in [4.78, 5) is 7.66. The summed E-state index contributed by atoms with van der Waals surface area (Å²) in [6.45, 7) is -2.85. The minimum absolute atomic E-state index is 0.0900. The predicted octanol–water partition coefficient (Wildman–Crippen LogP) is 2.75. The summed E-state index contributed by atoms with van der Waals surface area (Å²) >= 11 is 0. The second-order valence-corrected chi connectivity index (χ2v) is 3.00. The molecule has 0 amide bonds. The van der Waals surface area contributed by atoms with Gasteiger partial charge in [-0.1, -0.05) is 0 Å². The summed E-state index contributed by atoms with van der Waals surface area (Å²) < 4.78 is 27.9.